The minimum atomic E-state index is -4.10. The summed E-state index contributed by atoms with van der Waals surface area (Å²) in [5, 5.41) is 3.27. The molecule has 1 rings (SSSR count). The lowest BCUT2D eigenvalue weighted by molar-refractivity contribution is -0.136. The SMILES string of the molecule is CCCNC(C)c1cccn1CCC(F)(F)F. The average molecular weight is 248 g/mol. The monoisotopic (exact) mass is 248 g/mol. The topological polar surface area (TPSA) is 17.0 Å². The molecule has 0 aliphatic rings. The van der Waals surface area contributed by atoms with Crippen LogP contribution in [0.15, 0.2) is 18.3 Å². The Labute approximate surface area is 99.8 Å². The maximum absolute atomic E-state index is 12.2. The van der Waals surface area contributed by atoms with Crippen LogP contribution in [0.4, 0.5) is 13.2 Å². The fraction of sp³-hybridized carbons (Fsp3) is 0.667. The second kappa shape index (κ2) is 6.10. The third-order valence-corrected chi connectivity index (χ3v) is 2.64. The van der Waals surface area contributed by atoms with E-state index in [4.69, 9.17) is 0 Å². The van der Waals surface area contributed by atoms with Crippen molar-refractivity contribution in [1.29, 1.82) is 0 Å². The van der Waals surface area contributed by atoms with Crippen molar-refractivity contribution in [1.82, 2.24) is 9.88 Å². The van der Waals surface area contributed by atoms with Gasteiger partial charge in [0.1, 0.15) is 0 Å². The quantitative estimate of drug-likeness (QED) is 0.815. The smallest absolute Gasteiger partial charge is 0.350 e. The van der Waals surface area contributed by atoms with E-state index < -0.39 is 12.6 Å². The van der Waals surface area contributed by atoms with Gasteiger partial charge in [-0.05, 0) is 32.0 Å². The molecule has 0 aliphatic heterocycles. The molecule has 1 aromatic heterocycles. The molecule has 0 aromatic carbocycles. The number of nitrogens with one attached hydrogen (secondary N) is 1. The Kier molecular flexibility index (Phi) is 5.05. The number of rotatable bonds is 6. The molecule has 1 aromatic rings. The van der Waals surface area contributed by atoms with Crippen LogP contribution in [0.3, 0.4) is 0 Å². The fourth-order valence-corrected chi connectivity index (χ4v) is 1.74. The van der Waals surface area contributed by atoms with Crippen molar-refractivity contribution < 1.29 is 13.2 Å². The van der Waals surface area contributed by atoms with E-state index in [0.29, 0.717) is 0 Å². The van der Waals surface area contributed by atoms with E-state index in [2.05, 4.69) is 12.2 Å². The zero-order valence-electron chi connectivity index (χ0n) is 10.2. The van der Waals surface area contributed by atoms with Gasteiger partial charge in [0.05, 0.1) is 6.42 Å². The predicted molar refractivity (Wildman–Crippen MR) is 61.8 cm³/mol. The van der Waals surface area contributed by atoms with Gasteiger partial charge in [0, 0.05) is 24.5 Å². The first-order valence-corrected chi connectivity index (χ1v) is 5.89. The van der Waals surface area contributed by atoms with Crippen molar-refractivity contribution in [3.05, 3.63) is 24.0 Å². The van der Waals surface area contributed by atoms with E-state index in [9.17, 15) is 13.2 Å². The van der Waals surface area contributed by atoms with E-state index >= 15 is 0 Å². The van der Waals surface area contributed by atoms with Crippen molar-refractivity contribution in [3.63, 3.8) is 0 Å². The highest BCUT2D eigenvalue weighted by molar-refractivity contribution is 5.11. The lowest BCUT2D eigenvalue weighted by Crippen LogP contribution is -2.22. The molecular weight excluding hydrogens is 229 g/mol. The Morgan fingerprint density at radius 1 is 1.41 bits per heavy atom. The van der Waals surface area contributed by atoms with Crippen molar-refractivity contribution in [2.24, 2.45) is 0 Å². The molecule has 0 bridgehead atoms. The van der Waals surface area contributed by atoms with Gasteiger partial charge in [0.15, 0.2) is 0 Å². The molecule has 5 heteroatoms. The maximum Gasteiger partial charge on any atom is 0.390 e. The summed E-state index contributed by atoms with van der Waals surface area (Å²) in [7, 11) is 0. The van der Waals surface area contributed by atoms with Crippen LogP contribution in [0.25, 0.3) is 0 Å². The standard InChI is InChI=1S/C12H19F3N2/c1-3-7-16-10(2)11-5-4-8-17(11)9-6-12(13,14)15/h4-5,8,10,16H,3,6-7,9H2,1-2H3. The van der Waals surface area contributed by atoms with Gasteiger partial charge in [-0.2, -0.15) is 13.2 Å². The van der Waals surface area contributed by atoms with E-state index in [-0.39, 0.29) is 12.6 Å². The molecule has 1 unspecified atom stereocenters. The van der Waals surface area contributed by atoms with Crippen molar-refractivity contribution in [2.75, 3.05) is 6.54 Å². The molecule has 0 radical (unpaired) electrons. The lowest BCUT2D eigenvalue weighted by Gasteiger charge is -2.17. The number of alkyl halides is 3. The molecule has 0 aliphatic carbocycles. The van der Waals surface area contributed by atoms with Gasteiger partial charge < -0.3 is 9.88 Å². The van der Waals surface area contributed by atoms with E-state index in [0.717, 1.165) is 18.7 Å². The Bertz CT molecular complexity index is 331. The van der Waals surface area contributed by atoms with Crippen LogP contribution >= 0.6 is 0 Å². The zero-order valence-corrected chi connectivity index (χ0v) is 10.2. The molecule has 0 fully saturated rings. The fourth-order valence-electron chi connectivity index (χ4n) is 1.74. The van der Waals surface area contributed by atoms with E-state index in [1.807, 2.05) is 13.0 Å². The molecule has 17 heavy (non-hydrogen) atoms. The number of halogens is 3. The zero-order chi connectivity index (χ0) is 12.9. The summed E-state index contributed by atoms with van der Waals surface area (Å²) >= 11 is 0. The first-order chi connectivity index (χ1) is 7.94. The summed E-state index contributed by atoms with van der Waals surface area (Å²) in [6.45, 7) is 4.88. The van der Waals surface area contributed by atoms with Gasteiger partial charge in [0.2, 0.25) is 0 Å². The van der Waals surface area contributed by atoms with Crippen LogP contribution in [0.2, 0.25) is 0 Å². The number of hydrogen-bond acceptors (Lipinski definition) is 1. The molecule has 98 valence electrons. The summed E-state index contributed by atoms with van der Waals surface area (Å²) in [5.74, 6) is 0. The Hall–Kier alpha value is -0.970. The Balaban J connectivity index is 2.59. The second-order valence-corrected chi connectivity index (χ2v) is 4.17. The van der Waals surface area contributed by atoms with Crippen LogP contribution < -0.4 is 5.32 Å². The third kappa shape index (κ3) is 4.81. The number of aromatic nitrogens is 1. The molecule has 0 saturated carbocycles. The van der Waals surface area contributed by atoms with E-state index in [1.54, 1.807) is 16.8 Å². The van der Waals surface area contributed by atoms with Crippen LogP contribution in [-0.2, 0) is 6.54 Å². The molecule has 1 N–H and O–H groups in total. The average Bonchev–Trinajstić information content (AvgIpc) is 2.70. The number of aryl methyl sites for hydroxylation is 1. The molecule has 1 atom stereocenters. The van der Waals surface area contributed by atoms with Crippen molar-refractivity contribution >= 4 is 0 Å². The summed E-state index contributed by atoms with van der Waals surface area (Å²) < 4.78 is 38.1. The lowest BCUT2D eigenvalue weighted by atomic mass is 10.2. The van der Waals surface area contributed by atoms with Crippen LogP contribution in [0.1, 0.15) is 38.4 Å². The summed E-state index contributed by atoms with van der Waals surface area (Å²) in [5.41, 5.74) is 0.905. The summed E-state index contributed by atoms with van der Waals surface area (Å²) in [4.78, 5) is 0. The highest BCUT2D eigenvalue weighted by Crippen LogP contribution is 2.22. The van der Waals surface area contributed by atoms with Crippen molar-refractivity contribution in [2.45, 2.75) is 45.5 Å². The van der Waals surface area contributed by atoms with E-state index in [1.165, 1.54) is 0 Å². The molecule has 1 heterocycles. The van der Waals surface area contributed by atoms with Crippen LogP contribution in [-0.4, -0.2) is 17.3 Å². The second-order valence-electron chi connectivity index (χ2n) is 4.17. The number of hydrogen-bond donors (Lipinski definition) is 1. The predicted octanol–water partition coefficient (Wildman–Crippen LogP) is 3.50. The van der Waals surface area contributed by atoms with Crippen LogP contribution in [0, 0.1) is 0 Å². The summed E-state index contributed by atoms with van der Waals surface area (Å²) in [6.07, 6.45) is -2.17. The molecule has 0 saturated heterocycles. The minimum absolute atomic E-state index is 0.00994. The van der Waals surface area contributed by atoms with Gasteiger partial charge in [-0.3, -0.25) is 0 Å². The Morgan fingerprint density at radius 2 is 2.12 bits per heavy atom. The Morgan fingerprint density at radius 3 is 2.71 bits per heavy atom. The van der Waals surface area contributed by atoms with Gasteiger partial charge in [-0.1, -0.05) is 6.92 Å². The highest BCUT2D eigenvalue weighted by Gasteiger charge is 2.27. The number of nitrogens with zero attached hydrogens (tertiary/aromatic N) is 1. The molecular formula is C12H19F3N2. The third-order valence-electron chi connectivity index (χ3n) is 2.64. The normalized spacial score (nSPS) is 13.9. The summed E-state index contributed by atoms with van der Waals surface area (Å²) in [6, 6.07) is 3.73. The maximum atomic E-state index is 12.2. The van der Waals surface area contributed by atoms with Gasteiger partial charge in [0.25, 0.3) is 0 Å². The first-order valence-electron chi connectivity index (χ1n) is 5.89. The van der Waals surface area contributed by atoms with Gasteiger partial charge in [-0.25, -0.2) is 0 Å². The van der Waals surface area contributed by atoms with Gasteiger partial charge in [-0.15, -0.1) is 0 Å². The molecule has 2 nitrogen and oxygen atoms in total. The first kappa shape index (κ1) is 14.1. The molecule has 0 amide bonds. The largest absolute Gasteiger partial charge is 0.390 e. The minimum Gasteiger partial charge on any atom is -0.350 e. The van der Waals surface area contributed by atoms with Crippen LogP contribution in [0.5, 0.6) is 0 Å². The molecule has 0 spiro atoms. The van der Waals surface area contributed by atoms with Crippen molar-refractivity contribution in [3.8, 4) is 0 Å². The highest BCUT2D eigenvalue weighted by atomic mass is 19.4. The van der Waals surface area contributed by atoms with Gasteiger partial charge >= 0.3 is 6.18 Å².